The lowest BCUT2D eigenvalue weighted by atomic mass is 10.1. The number of para-hydroxylation sites is 1. The molecule has 0 spiro atoms. The summed E-state index contributed by atoms with van der Waals surface area (Å²) in [5, 5.41) is 3.46. The molecule has 208 valence electrons. The Morgan fingerprint density at radius 2 is 1.80 bits per heavy atom. The molecule has 10 heteroatoms. The average Bonchev–Trinajstić information content (AvgIpc) is 3.61. The molecule has 0 unspecified atom stereocenters. The highest BCUT2D eigenvalue weighted by atomic mass is 32.2. The van der Waals surface area contributed by atoms with Crippen molar-refractivity contribution >= 4 is 51.5 Å². The molecule has 0 bridgehead atoms. The van der Waals surface area contributed by atoms with E-state index in [9.17, 15) is 14.4 Å². The summed E-state index contributed by atoms with van der Waals surface area (Å²) < 4.78 is 18.4. The molecule has 0 radical (unpaired) electrons. The van der Waals surface area contributed by atoms with Crippen molar-refractivity contribution in [3.8, 4) is 17.2 Å². The Hall–Kier alpha value is -4.70. The third-order valence-corrected chi connectivity index (χ3v) is 7.90. The van der Waals surface area contributed by atoms with E-state index in [0.29, 0.717) is 27.8 Å². The third kappa shape index (κ3) is 5.38. The molecule has 3 heterocycles. The van der Waals surface area contributed by atoms with Gasteiger partial charge in [0.25, 0.3) is 11.1 Å². The van der Waals surface area contributed by atoms with Gasteiger partial charge >= 0.3 is 0 Å². The number of hydrogen-bond acceptors (Lipinski definition) is 7. The summed E-state index contributed by atoms with van der Waals surface area (Å²) in [5.41, 5.74) is 4.17. The first-order valence-electron chi connectivity index (χ1n) is 13.1. The van der Waals surface area contributed by atoms with Gasteiger partial charge in [0.05, 0.1) is 11.4 Å². The summed E-state index contributed by atoms with van der Waals surface area (Å²) >= 11 is 0.909. The summed E-state index contributed by atoms with van der Waals surface area (Å²) in [6.07, 6.45) is 1.75. The van der Waals surface area contributed by atoms with E-state index in [4.69, 9.17) is 14.2 Å². The van der Waals surface area contributed by atoms with Gasteiger partial charge in [-0.15, -0.1) is 0 Å². The Labute approximate surface area is 240 Å². The molecule has 9 nitrogen and oxygen atoms in total. The van der Waals surface area contributed by atoms with Crippen LogP contribution in [0.5, 0.6) is 17.2 Å². The van der Waals surface area contributed by atoms with Gasteiger partial charge in [0.15, 0.2) is 11.5 Å². The van der Waals surface area contributed by atoms with E-state index < -0.39 is 0 Å². The Kier molecular flexibility index (Phi) is 7.15. The zero-order valence-electron chi connectivity index (χ0n) is 22.5. The van der Waals surface area contributed by atoms with Crippen LogP contribution in [0.25, 0.3) is 17.0 Å². The number of amides is 3. The quantitative estimate of drug-likeness (QED) is 0.270. The number of fused-ring (bicyclic) bond motifs is 2. The first-order chi connectivity index (χ1) is 19.9. The second-order valence-electron chi connectivity index (χ2n) is 9.71. The minimum Gasteiger partial charge on any atom is -0.492 e. The lowest BCUT2D eigenvalue weighted by Crippen LogP contribution is -2.32. The number of carbonyl (C=O) groups excluding carboxylic acids is 3. The standard InChI is InChI=1S/C31H27N3O6S/c1-19-7-10-22(11-8-19)38-14-13-33-30(36)28(41-31(33)37)16-24-20(2)34(25-6-4-3-5-23(24)25)17-29(35)32-21-9-12-26-27(15-21)40-18-39-26/h3-12,15-16H,13-14,17-18H2,1-2H3,(H,32,35)/b28-16-. The normalized spacial score (nSPS) is 15.3. The first kappa shape index (κ1) is 26.5. The number of benzene rings is 3. The van der Waals surface area contributed by atoms with Gasteiger partial charge in [-0.05, 0) is 62.0 Å². The molecule has 1 saturated heterocycles. The number of hydrogen-bond donors (Lipinski definition) is 1. The maximum atomic E-state index is 13.2. The van der Waals surface area contributed by atoms with E-state index in [1.54, 1.807) is 24.3 Å². The van der Waals surface area contributed by atoms with Crippen molar-refractivity contribution in [1.82, 2.24) is 9.47 Å². The Balaban J connectivity index is 1.19. The van der Waals surface area contributed by atoms with E-state index in [1.807, 2.05) is 66.9 Å². The monoisotopic (exact) mass is 569 g/mol. The van der Waals surface area contributed by atoms with Gasteiger partial charge in [-0.2, -0.15) is 0 Å². The van der Waals surface area contributed by atoms with Crippen LogP contribution in [0, 0.1) is 13.8 Å². The van der Waals surface area contributed by atoms with Gasteiger partial charge in [0.1, 0.15) is 18.9 Å². The predicted octanol–water partition coefficient (Wildman–Crippen LogP) is 5.74. The molecule has 6 rings (SSSR count). The van der Waals surface area contributed by atoms with Crippen LogP contribution in [-0.4, -0.2) is 46.5 Å². The smallest absolute Gasteiger partial charge is 0.293 e. The van der Waals surface area contributed by atoms with Crippen LogP contribution < -0.4 is 19.5 Å². The number of nitrogens with zero attached hydrogens (tertiary/aromatic N) is 2. The van der Waals surface area contributed by atoms with Crippen molar-refractivity contribution in [1.29, 1.82) is 0 Å². The minimum atomic E-state index is -0.357. The molecule has 41 heavy (non-hydrogen) atoms. The van der Waals surface area contributed by atoms with Crippen LogP contribution in [0.3, 0.4) is 0 Å². The number of nitrogens with one attached hydrogen (secondary N) is 1. The number of imide groups is 1. The minimum absolute atomic E-state index is 0.0620. The molecule has 2 aliphatic heterocycles. The van der Waals surface area contributed by atoms with Crippen LogP contribution in [0.1, 0.15) is 16.8 Å². The third-order valence-electron chi connectivity index (χ3n) is 6.99. The molecule has 0 saturated carbocycles. The van der Waals surface area contributed by atoms with Gasteiger partial charge < -0.3 is 24.1 Å². The van der Waals surface area contributed by atoms with Crippen LogP contribution in [0.2, 0.25) is 0 Å². The SMILES string of the molecule is Cc1ccc(OCCN2C(=O)S/C(=C\c3c(C)n(CC(=O)Nc4ccc5c(c4)OCO5)c4ccccc34)C2=O)cc1. The van der Waals surface area contributed by atoms with Crippen molar-refractivity contribution in [2.45, 2.75) is 20.4 Å². The number of aryl methyl sites for hydroxylation is 1. The number of ether oxygens (including phenoxy) is 3. The zero-order chi connectivity index (χ0) is 28.5. The first-order valence-corrected chi connectivity index (χ1v) is 13.9. The second-order valence-corrected chi connectivity index (χ2v) is 10.7. The lowest BCUT2D eigenvalue weighted by Gasteiger charge is -2.13. The highest BCUT2D eigenvalue weighted by Crippen LogP contribution is 2.36. The van der Waals surface area contributed by atoms with Crippen LogP contribution >= 0.6 is 11.8 Å². The molecule has 4 aromatic rings. The van der Waals surface area contributed by atoms with Gasteiger partial charge in [-0.25, -0.2) is 0 Å². The highest BCUT2D eigenvalue weighted by Gasteiger charge is 2.35. The molecule has 3 aromatic carbocycles. The highest BCUT2D eigenvalue weighted by molar-refractivity contribution is 8.18. The van der Waals surface area contributed by atoms with Gasteiger partial charge in [-0.1, -0.05) is 35.9 Å². The molecule has 3 amide bonds. The number of carbonyl (C=O) groups is 3. The van der Waals surface area contributed by atoms with Crippen molar-refractivity contribution in [2.24, 2.45) is 0 Å². The van der Waals surface area contributed by atoms with Crippen molar-refractivity contribution in [3.05, 3.63) is 88.5 Å². The number of rotatable bonds is 8. The van der Waals surface area contributed by atoms with Crippen LogP contribution in [-0.2, 0) is 16.1 Å². The maximum Gasteiger partial charge on any atom is 0.293 e. The fourth-order valence-electron chi connectivity index (χ4n) is 4.88. The summed E-state index contributed by atoms with van der Waals surface area (Å²) in [7, 11) is 0. The van der Waals surface area contributed by atoms with E-state index >= 15 is 0 Å². The Morgan fingerprint density at radius 1 is 1.02 bits per heavy atom. The molecule has 1 N–H and O–H groups in total. The zero-order valence-corrected chi connectivity index (χ0v) is 23.3. The lowest BCUT2D eigenvalue weighted by molar-refractivity contribution is -0.123. The van der Waals surface area contributed by atoms with Gasteiger partial charge in [0, 0.05) is 33.9 Å². The van der Waals surface area contributed by atoms with E-state index in [2.05, 4.69) is 5.32 Å². The fourth-order valence-corrected chi connectivity index (χ4v) is 5.72. The van der Waals surface area contributed by atoms with Crippen LogP contribution in [0.4, 0.5) is 10.5 Å². The predicted molar refractivity (Wildman–Crippen MR) is 157 cm³/mol. The summed E-state index contributed by atoms with van der Waals surface area (Å²) in [5.74, 6) is 1.34. The summed E-state index contributed by atoms with van der Waals surface area (Å²) in [4.78, 5) is 40.5. The van der Waals surface area contributed by atoms with E-state index in [0.717, 1.165) is 39.5 Å². The van der Waals surface area contributed by atoms with Gasteiger partial charge in [0.2, 0.25) is 12.7 Å². The van der Waals surface area contributed by atoms with Gasteiger partial charge in [-0.3, -0.25) is 19.3 Å². The average molecular weight is 570 g/mol. The summed E-state index contributed by atoms with van der Waals surface area (Å²) in [6.45, 7) is 4.46. The van der Waals surface area contributed by atoms with Crippen molar-refractivity contribution in [2.75, 3.05) is 25.3 Å². The second kappa shape index (κ2) is 11.1. The van der Waals surface area contributed by atoms with Crippen LogP contribution in [0.15, 0.2) is 71.6 Å². The molecule has 0 atom stereocenters. The number of thioether (sulfide) groups is 1. The number of aromatic nitrogens is 1. The topological polar surface area (TPSA) is 99.1 Å². The Bertz CT molecular complexity index is 1710. The van der Waals surface area contributed by atoms with E-state index in [-0.39, 0.29) is 43.5 Å². The Morgan fingerprint density at radius 3 is 2.63 bits per heavy atom. The van der Waals surface area contributed by atoms with Crippen molar-refractivity contribution < 1.29 is 28.6 Å². The summed E-state index contributed by atoms with van der Waals surface area (Å²) in [6, 6.07) is 20.5. The maximum absolute atomic E-state index is 13.2. The van der Waals surface area contributed by atoms with E-state index in [1.165, 1.54) is 4.90 Å². The molecule has 0 aliphatic carbocycles. The molecular formula is C31H27N3O6S. The molecular weight excluding hydrogens is 542 g/mol. The largest absolute Gasteiger partial charge is 0.492 e. The number of anilines is 1. The molecule has 1 aromatic heterocycles. The fraction of sp³-hybridized carbons (Fsp3) is 0.194. The molecule has 2 aliphatic rings. The van der Waals surface area contributed by atoms with Crippen molar-refractivity contribution in [3.63, 3.8) is 0 Å². The molecule has 1 fully saturated rings.